The van der Waals surface area contributed by atoms with Gasteiger partial charge in [-0.25, -0.2) is 0 Å². The smallest absolute Gasteiger partial charge is 0.236 e. The molecule has 2 N–H and O–H groups in total. The quantitative estimate of drug-likeness (QED) is 0.897. The Morgan fingerprint density at radius 3 is 2.85 bits per heavy atom. The zero-order chi connectivity index (χ0) is 14.7. The van der Waals surface area contributed by atoms with Gasteiger partial charge < -0.3 is 10.6 Å². The van der Waals surface area contributed by atoms with Crippen molar-refractivity contribution in [2.45, 2.75) is 31.8 Å². The highest BCUT2D eigenvalue weighted by Gasteiger charge is 2.30. The predicted octanol–water partition coefficient (Wildman–Crippen LogP) is 2.45. The molecule has 2 unspecified atom stereocenters. The Morgan fingerprint density at radius 1 is 1.50 bits per heavy atom. The minimum absolute atomic E-state index is 0.0526. The second kappa shape index (κ2) is 7.02. The molecule has 1 aliphatic heterocycles. The first kappa shape index (κ1) is 15.9. The number of hydrogen-bond acceptors (Lipinski definition) is 4. The number of thiophene rings is 1. The van der Waals surface area contributed by atoms with Gasteiger partial charge in [0, 0.05) is 40.9 Å². The second-order valence-electron chi connectivity index (χ2n) is 5.32. The van der Waals surface area contributed by atoms with Crippen LogP contribution in [0.1, 0.15) is 30.7 Å². The van der Waals surface area contributed by atoms with Gasteiger partial charge >= 0.3 is 0 Å². The summed E-state index contributed by atoms with van der Waals surface area (Å²) < 4.78 is 1.09. The van der Waals surface area contributed by atoms with E-state index in [9.17, 15) is 4.79 Å². The van der Waals surface area contributed by atoms with Gasteiger partial charge in [0.15, 0.2) is 0 Å². The van der Waals surface area contributed by atoms with Gasteiger partial charge in [0.05, 0.1) is 12.6 Å². The number of carbonyl (C=O) groups is 1. The Bertz CT molecular complexity index is 465. The summed E-state index contributed by atoms with van der Waals surface area (Å²) in [6.45, 7) is 4.32. The van der Waals surface area contributed by atoms with E-state index in [1.807, 2.05) is 11.9 Å². The lowest BCUT2D eigenvalue weighted by Crippen LogP contribution is -2.43. The number of likely N-dealkylation sites (N-methyl/N-ethyl adjacent to an activating group) is 1. The Kier molecular flexibility index (Phi) is 5.60. The molecule has 0 spiro atoms. The topological polar surface area (TPSA) is 49.6 Å². The van der Waals surface area contributed by atoms with Crippen LogP contribution in [0.25, 0.3) is 0 Å². The molecule has 1 aliphatic rings. The van der Waals surface area contributed by atoms with Gasteiger partial charge in [0.25, 0.3) is 0 Å². The molecule has 0 saturated carbocycles. The van der Waals surface area contributed by atoms with Gasteiger partial charge in [-0.2, -0.15) is 0 Å². The highest BCUT2D eigenvalue weighted by molar-refractivity contribution is 9.10. The molecule has 0 aromatic carbocycles. The molecule has 2 atom stereocenters. The molecule has 0 aliphatic carbocycles. The van der Waals surface area contributed by atoms with Crippen molar-refractivity contribution in [3.63, 3.8) is 0 Å². The fraction of sp³-hybridized carbons (Fsp3) is 0.643. The van der Waals surface area contributed by atoms with Crippen LogP contribution in [-0.4, -0.2) is 48.4 Å². The third-order valence-corrected chi connectivity index (χ3v) is 5.62. The van der Waals surface area contributed by atoms with E-state index in [0.717, 1.165) is 30.4 Å². The SMILES string of the molecule is CCC(N)C(c1cc(Br)cs1)N1CCCN(C)C(=O)C1. The molecule has 1 amide bonds. The molecule has 2 heterocycles. The minimum Gasteiger partial charge on any atom is -0.345 e. The second-order valence-corrected chi connectivity index (χ2v) is 7.18. The lowest BCUT2D eigenvalue weighted by molar-refractivity contribution is -0.130. The zero-order valence-corrected chi connectivity index (χ0v) is 14.4. The number of nitrogens with zero attached hydrogens (tertiary/aromatic N) is 2. The van der Waals surface area contributed by atoms with Crippen molar-refractivity contribution in [2.75, 3.05) is 26.7 Å². The molecule has 0 bridgehead atoms. The first-order chi connectivity index (χ1) is 9.52. The molecule has 1 aromatic rings. The van der Waals surface area contributed by atoms with Crippen molar-refractivity contribution in [1.82, 2.24) is 9.80 Å². The molecule has 4 nitrogen and oxygen atoms in total. The van der Waals surface area contributed by atoms with Crippen LogP contribution in [0.15, 0.2) is 15.9 Å². The summed E-state index contributed by atoms with van der Waals surface area (Å²) in [5, 5.41) is 2.08. The number of hydrogen-bond donors (Lipinski definition) is 1. The number of halogens is 1. The highest BCUT2D eigenvalue weighted by atomic mass is 79.9. The fourth-order valence-electron chi connectivity index (χ4n) is 2.61. The minimum atomic E-state index is 0.0526. The summed E-state index contributed by atoms with van der Waals surface area (Å²) in [7, 11) is 1.88. The standard InChI is InChI=1S/C14H22BrN3OS/c1-3-11(16)14(12-7-10(15)9-20-12)18-6-4-5-17(2)13(19)8-18/h7,9,11,14H,3-6,8,16H2,1-2H3. The van der Waals surface area contributed by atoms with Crippen LogP contribution < -0.4 is 5.73 Å². The van der Waals surface area contributed by atoms with Crippen LogP contribution in [0, 0.1) is 0 Å². The molecular formula is C14H22BrN3OS. The molecule has 112 valence electrons. The highest BCUT2D eigenvalue weighted by Crippen LogP contribution is 2.32. The number of carbonyl (C=O) groups excluding carboxylic acids is 1. The fourth-order valence-corrected chi connectivity index (χ4v) is 4.27. The van der Waals surface area contributed by atoms with E-state index in [-0.39, 0.29) is 18.0 Å². The summed E-state index contributed by atoms with van der Waals surface area (Å²) in [6, 6.07) is 2.31. The molecule has 1 aromatic heterocycles. The third kappa shape index (κ3) is 3.61. The van der Waals surface area contributed by atoms with E-state index in [2.05, 4.69) is 39.2 Å². The van der Waals surface area contributed by atoms with Crippen LogP contribution in [0.5, 0.6) is 0 Å². The number of rotatable bonds is 4. The van der Waals surface area contributed by atoms with Crippen LogP contribution in [-0.2, 0) is 4.79 Å². The summed E-state index contributed by atoms with van der Waals surface area (Å²) in [5.74, 6) is 0.187. The summed E-state index contributed by atoms with van der Waals surface area (Å²) in [5.41, 5.74) is 6.35. The molecule has 1 fully saturated rings. The summed E-state index contributed by atoms with van der Waals surface area (Å²) >= 11 is 5.22. The van der Waals surface area contributed by atoms with E-state index in [4.69, 9.17) is 5.73 Å². The van der Waals surface area contributed by atoms with E-state index in [0.29, 0.717) is 6.54 Å². The van der Waals surface area contributed by atoms with E-state index in [1.54, 1.807) is 11.3 Å². The largest absolute Gasteiger partial charge is 0.345 e. The maximum absolute atomic E-state index is 12.1. The Morgan fingerprint density at radius 2 is 2.25 bits per heavy atom. The Hall–Kier alpha value is -0.430. The first-order valence-corrected chi connectivity index (χ1v) is 8.67. The third-order valence-electron chi connectivity index (χ3n) is 3.85. The molecule has 0 radical (unpaired) electrons. The van der Waals surface area contributed by atoms with Crippen molar-refractivity contribution in [1.29, 1.82) is 0 Å². The average Bonchev–Trinajstić information content (AvgIpc) is 2.76. The maximum Gasteiger partial charge on any atom is 0.236 e. The van der Waals surface area contributed by atoms with Crippen LogP contribution >= 0.6 is 27.3 Å². The summed E-state index contributed by atoms with van der Waals surface area (Å²) in [6.07, 6.45) is 1.91. The monoisotopic (exact) mass is 359 g/mol. The van der Waals surface area contributed by atoms with E-state index in [1.165, 1.54) is 4.88 Å². The van der Waals surface area contributed by atoms with Gasteiger partial charge in [-0.3, -0.25) is 9.69 Å². The van der Waals surface area contributed by atoms with Gasteiger partial charge in [-0.1, -0.05) is 6.92 Å². The van der Waals surface area contributed by atoms with Crippen molar-refractivity contribution >= 4 is 33.2 Å². The zero-order valence-electron chi connectivity index (χ0n) is 12.0. The molecule has 6 heteroatoms. The van der Waals surface area contributed by atoms with Gasteiger partial charge in [-0.15, -0.1) is 11.3 Å². The van der Waals surface area contributed by atoms with E-state index < -0.39 is 0 Å². The van der Waals surface area contributed by atoms with Crippen LogP contribution in [0.4, 0.5) is 0 Å². The number of amides is 1. The number of nitrogens with two attached hydrogens (primary N) is 1. The Labute approximate surface area is 133 Å². The Balaban J connectivity index is 2.24. The predicted molar refractivity (Wildman–Crippen MR) is 86.9 cm³/mol. The van der Waals surface area contributed by atoms with Crippen molar-refractivity contribution in [3.05, 3.63) is 20.8 Å². The van der Waals surface area contributed by atoms with Crippen molar-refractivity contribution < 1.29 is 4.79 Å². The van der Waals surface area contributed by atoms with Gasteiger partial charge in [0.1, 0.15) is 0 Å². The van der Waals surface area contributed by atoms with Crippen molar-refractivity contribution in [2.24, 2.45) is 5.73 Å². The van der Waals surface area contributed by atoms with E-state index >= 15 is 0 Å². The molecule has 1 saturated heterocycles. The molecular weight excluding hydrogens is 338 g/mol. The van der Waals surface area contributed by atoms with Crippen LogP contribution in [0.2, 0.25) is 0 Å². The maximum atomic E-state index is 12.1. The van der Waals surface area contributed by atoms with Crippen LogP contribution in [0.3, 0.4) is 0 Å². The average molecular weight is 360 g/mol. The van der Waals surface area contributed by atoms with Gasteiger partial charge in [0.2, 0.25) is 5.91 Å². The summed E-state index contributed by atoms with van der Waals surface area (Å²) in [4.78, 5) is 17.4. The first-order valence-electron chi connectivity index (χ1n) is 7.00. The normalized spacial score (nSPS) is 20.8. The van der Waals surface area contributed by atoms with Crippen molar-refractivity contribution in [3.8, 4) is 0 Å². The lowest BCUT2D eigenvalue weighted by atomic mass is 10.0. The van der Waals surface area contributed by atoms with Gasteiger partial charge in [-0.05, 0) is 34.8 Å². The molecule has 2 rings (SSSR count). The lowest BCUT2D eigenvalue weighted by Gasteiger charge is -2.33. The molecule has 20 heavy (non-hydrogen) atoms.